The molecule has 25 heavy (non-hydrogen) atoms. The Labute approximate surface area is 149 Å². The summed E-state index contributed by atoms with van der Waals surface area (Å²) in [7, 11) is 0. The van der Waals surface area contributed by atoms with Crippen LogP contribution in [0.3, 0.4) is 0 Å². The van der Waals surface area contributed by atoms with Crippen molar-refractivity contribution in [2.45, 2.75) is 33.1 Å². The average molecular weight is 342 g/mol. The summed E-state index contributed by atoms with van der Waals surface area (Å²) in [5, 5.41) is 0. The molecule has 0 bridgehead atoms. The lowest BCUT2D eigenvalue weighted by atomic mass is 9.86. The Morgan fingerprint density at radius 1 is 0.880 bits per heavy atom. The van der Waals surface area contributed by atoms with Crippen LogP contribution in [0.4, 0.5) is 0 Å². The summed E-state index contributed by atoms with van der Waals surface area (Å²) in [6.07, 6.45) is 0.791. The van der Waals surface area contributed by atoms with Gasteiger partial charge in [0, 0.05) is 5.56 Å². The second-order valence-electron chi connectivity index (χ2n) is 6.70. The van der Waals surface area contributed by atoms with Crippen molar-refractivity contribution in [1.29, 1.82) is 0 Å². The molecule has 0 saturated carbocycles. The lowest BCUT2D eigenvalue weighted by molar-refractivity contribution is 0.112. The topological polar surface area (TPSA) is 44.8 Å². The van der Waals surface area contributed by atoms with Crippen LogP contribution < -0.4 is 14.2 Å². The highest BCUT2D eigenvalue weighted by Gasteiger charge is 2.18. The second kappa shape index (κ2) is 8.56. The maximum absolute atomic E-state index is 10.9. The van der Waals surface area contributed by atoms with Gasteiger partial charge in [-0.25, -0.2) is 0 Å². The molecule has 4 heteroatoms. The third-order valence-corrected chi connectivity index (χ3v) is 3.70. The molecule has 134 valence electrons. The Bertz CT molecular complexity index is 701. The molecule has 2 aromatic rings. The van der Waals surface area contributed by atoms with E-state index in [1.807, 2.05) is 25.1 Å². The maximum Gasteiger partial charge on any atom is 0.161 e. The van der Waals surface area contributed by atoms with Crippen molar-refractivity contribution in [3.05, 3.63) is 53.6 Å². The summed E-state index contributed by atoms with van der Waals surface area (Å²) in [4.78, 5) is 10.9. The predicted octanol–water partition coefficient (Wildman–Crippen LogP) is 4.65. The van der Waals surface area contributed by atoms with Crippen LogP contribution in [0.5, 0.6) is 17.2 Å². The fraction of sp³-hybridized carbons (Fsp3) is 0.381. The zero-order chi connectivity index (χ0) is 18.3. The van der Waals surface area contributed by atoms with E-state index in [2.05, 4.69) is 26.8 Å². The number of carbonyl (C=O) groups excluding carboxylic acids is 1. The Morgan fingerprint density at radius 2 is 1.56 bits per heavy atom. The minimum Gasteiger partial charge on any atom is -0.490 e. The largest absolute Gasteiger partial charge is 0.490 e. The minimum absolute atomic E-state index is 0.0181. The van der Waals surface area contributed by atoms with Crippen LogP contribution in [0.2, 0.25) is 0 Å². The molecular formula is C21H26O4. The quantitative estimate of drug-likeness (QED) is 0.517. The molecule has 0 aliphatic heterocycles. The molecule has 0 aromatic heterocycles. The van der Waals surface area contributed by atoms with Crippen molar-refractivity contribution in [1.82, 2.24) is 0 Å². The normalized spacial score (nSPS) is 11.0. The summed E-state index contributed by atoms with van der Waals surface area (Å²) in [6.45, 7) is 9.70. The van der Waals surface area contributed by atoms with Gasteiger partial charge in [-0.3, -0.25) is 4.79 Å². The summed E-state index contributed by atoms with van der Waals surface area (Å²) >= 11 is 0. The summed E-state index contributed by atoms with van der Waals surface area (Å²) < 4.78 is 17.2. The number of carbonyl (C=O) groups is 1. The Kier molecular flexibility index (Phi) is 6.45. The first kappa shape index (κ1) is 18.8. The first-order valence-corrected chi connectivity index (χ1v) is 8.53. The summed E-state index contributed by atoms with van der Waals surface area (Å²) in [6, 6.07) is 13.2. The van der Waals surface area contributed by atoms with Crippen LogP contribution in [0.15, 0.2) is 42.5 Å². The molecule has 0 heterocycles. The molecule has 0 aliphatic carbocycles. The van der Waals surface area contributed by atoms with Crippen LogP contribution in [0, 0.1) is 0 Å². The molecule has 0 amide bonds. The lowest BCUT2D eigenvalue weighted by Crippen LogP contribution is -2.16. The Hall–Kier alpha value is -2.49. The number of para-hydroxylation sites is 1. The van der Waals surface area contributed by atoms with Gasteiger partial charge in [0.1, 0.15) is 25.2 Å². The maximum atomic E-state index is 10.9. The zero-order valence-electron chi connectivity index (χ0n) is 15.4. The van der Waals surface area contributed by atoms with Gasteiger partial charge in [-0.1, -0.05) is 39.0 Å². The van der Waals surface area contributed by atoms with Crippen molar-refractivity contribution < 1.29 is 19.0 Å². The molecule has 0 saturated heterocycles. The molecular weight excluding hydrogens is 316 g/mol. The van der Waals surface area contributed by atoms with Gasteiger partial charge < -0.3 is 14.2 Å². The van der Waals surface area contributed by atoms with Gasteiger partial charge in [0.15, 0.2) is 11.5 Å². The van der Waals surface area contributed by atoms with Crippen LogP contribution in [-0.4, -0.2) is 26.1 Å². The third-order valence-electron chi connectivity index (χ3n) is 3.70. The van der Waals surface area contributed by atoms with E-state index >= 15 is 0 Å². The highest BCUT2D eigenvalue weighted by Crippen LogP contribution is 2.31. The Morgan fingerprint density at radius 3 is 2.20 bits per heavy atom. The molecule has 0 fully saturated rings. The fourth-order valence-electron chi connectivity index (χ4n) is 2.50. The third kappa shape index (κ3) is 5.24. The molecule has 0 N–H and O–H groups in total. The minimum atomic E-state index is 0.0181. The lowest BCUT2D eigenvalue weighted by Gasteiger charge is -2.22. The molecule has 0 atom stereocenters. The number of hydrogen-bond donors (Lipinski definition) is 0. The molecule has 2 rings (SSSR count). The van der Waals surface area contributed by atoms with Gasteiger partial charge in [0.05, 0.1) is 6.61 Å². The Balaban J connectivity index is 1.97. The van der Waals surface area contributed by atoms with Crippen molar-refractivity contribution in [3.8, 4) is 17.2 Å². The predicted molar refractivity (Wildman–Crippen MR) is 99.1 cm³/mol. The van der Waals surface area contributed by atoms with Crippen LogP contribution >= 0.6 is 0 Å². The van der Waals surface area contributed by atoms with Gasteiger partial charge >= 0.3 is 0 Å². The molecule has 0 unspecified atom stereocenters. The molecule has 0 spiro atoms. The van der Waals surface area contributed by atoms with E-state index in [4.69, 9.17) is 14.2 Å². The highest BCUT2D eigenvalue weighted by molar-refractivity contribution is 5.76. The van der Waals surface area contributed by atoms with Gasteiger partial charge in [-0.15, -0.1) is 0 Å². The number of rotatable bonds is 8. The summed E-state index contributed by atoms with van der Waals surface area (Å²) in [5.41, 5.74) is 1.75. The first-order valence-electron chi connectivity index (χ1n) is 8.53. The average Bonchev–Trinajstić information content (AvgIpc) is 2.59. The van der Waals surface area contributed by atoms with Crippen LogP contribution in [-0.2, 0) is 5.41 Å². The second-order valence-corrected chi connectivity index (χ2v) is 6.70. The van der Waals surface area contributed by atoms with Crippen LogP contribution in [0.1, 0.15) is 43.6 Å². The van der Waals surface area contributed by atoms with Crippen molar-refractivity contribution in [3.63, 3.8) is 0 Å². The van der Waals surface area contributed by atoms with E-state index in [-0.39, 0.29) is 5.41 Å². The standard InChI is InChI=1S/C21H26O4/c1-5-23-20-14-16(15-22)10-11-19(20)25-13-12-24-18-9-7-6-8-17(18)21(2,3)4/h6-11,14-15H,5,12-13H2,1-4H3. The van der Waals surface area contributed by atoms with Gasteiger partial charge in [-0.05, 0) is 42.2 Å². The number of ether oxygens (including phenoxy) is 3. The summed E-state index contributed by atoms with van der Waals surface area (Å²) in [5.74, 6) is 2.06. The van der Waals surface area contributed by atoms with E-state index in [9.17, 15) is 4.79 Å². The molecule has 4 nitrogen and oxygen atoms in total. The van der Waals surface area contributed by atoms with Gasteiger partial charge in [-0.2, -0.15) is 0 Å². The van der Waals surface area contributed by atoms with Crippen molar-refractivity contribution >= 4 is 6.29 Å². The van der Waals surface area contributed by atoms with E-state index in [0.717, 1.165) is 12.0 Å². The smallest absolute Gasteiger partial charge is 0.161 e. The van der Waals surface area contributed by atoms with E-state index in [1.165, 1.54) is 5.56 Å². The van der Waals surface area contributed by atoms with Crippen molar-refractivity contribution in [2.75, 3.05) is 19.8 Å². The highest BCUT2D eigenvalue weighted by atomic mass is 16.5. The molecule has 0 radical (unpaired) electrons. The van der Waals surface area contributed by atoms with Crippen molar-refractivity contribution in [2.24, 2.45) is 0 Å². The van der Waals surface area contributed by atoms with Gasteiger partial charge in [0.2, 0.25) is 0 Å². The van der Waals surface area contributed by atoms with E-state index in [0.29, 0.717) is 36.9 Å². The van der Waals surface area contributed by atoms with Crippen LogP contribution in [0.25, 0.3) is 0 Å². The first-order chi connectivity index (χ1) is 12.0. The zero-order valence-corrected chi connectivity index (χ0v) is 15.4. The van der Waals surface area contributed by atoms with E-state index in [1.54, 1.807) is 18.2 Å². The molecule has 2 aromatic carbocycles. The van der Waals surface area contributed by atoms with E-state index < -0.39 is 0 Å². The number of hydrogen-bond acceptors (Lipinski definition) is 4. The monoisotopic (exact) mass is 342 g/mol. The SMILES string of the molecule is CCOc1cc(C=O)ccc1OCCOc1ccccc1C(C)(C)C. The number of benzene rings is 2. The number of aldehydes is 1. The fourth-order valence-corrected chi connectivity index (χ4v) is 2.50. The molecule has 0 aliphatic rings. The van der Waals surface area contributed by atoms with Gasteiger partial charge in [0.25, 0.3) is 0 Å².